The van der Waals surface area contributed by atoms with Crippen LogP contribution in [-0.2, 0) is 11.3 Å². The molecule has 1 aromatic carbocycles. The molecule has 1 saturated heterocycles. The van der Waals surface area contributed by atoms with Gasteiger partial charge in [0.05, 0.1) is 17.4 Å². The fraction of sp³-hybridized carbons (Fsp3) is 0.400. The molecule has 2 aromatic heterocycles. The molecule has 2 aliphatic rings. The molecule has 5 rings (SSSR count). The van der Waals surface area contributed by atoms with Crippen molar-refractivity contribution in [3.05, 3.63) is 71.8 Å². The lowest BCUT2D eigenvalue weighted by molar-refractivity contribution is 0.147. The van der Waals surface area contributed by atoms with E-state index in [4.69, 9.17) is 9.47 Å². The molecule has 1 aliphatic carbocycles. The molecular formula is C30H32F2N6O3S. The van der Waals surface area contributed by atoms with Gasteiger partial charge in [0.15, 0.2) is 17.6 Å². The minimum absolute atomic E-state index is 0.0190. The van der Waals surface area contributed by atoms with Crippen molar-refractivity contribution >= 4 is 17.9 Å². The van der Waals surface area contributed by atoms with Crippen LogP contribution in [0, 0.1) is 23.5 Å². The lowest BCUT2D eigenvalue weighted by Crippen LogP contribution is -2.43. The number of halogens is 2. The van der Waals surface area contributed by atoms with Crippen molar-refractivity contribution in [1.29, 1.82) is 0 Å². The van der Waals surface area contributed by atoms with E-state index < -0.39 is 23.3 Å². The lowest BCUT2D eigenvalue weighted by atomic mass is 10.1. The van der Waals surface area contributed by atoms with Crippen molar-refractivity contribution in [2.75, 3.05) is 26.7 Å². The Labute approximate surface area is 247 Å². The van der Waals surface area contributed by atoms with Crippen LogP contribution in [0.2, 0.25) is 0 Å². The van der Waals surface area contributed by atoms with E-state index in [0.717, 1.165) is 63.0 Å². The molecular weight excluding hydrogens is 562 g/mol. The maximum Gasteiger partial charge on any atom is 0.408 e. The highest BCUT2D eigenvalue weighted by Crippen LogP contribution is 2.31. The van der Waals surface area contributed by atoms with Crippen molar-refractivity contribution in [2.24, 2.45) is 0 Å². The van der Waals surface area contributed by atoms with E-state index in [9.17, 15) is 13.6 Å². The van der Waals surface area contributed by atoms with Gasteiger partial charge >= 0.3 is 6.09 Å². The average molecular weight is 595 g/mol. The minimum atomic E-state index is -0.887. The summed E-state index contributed by atoms with van der Waals surface area (Å²) >= 11 is 1.60. The number of piperidine rings is 1. The fourth-order valence-electron chi connectivity index (χ4n) is 4.72. The summed E-state index contributed by atoms with van der Waals surface area (Å²) in [6.45, 7) is 1.42. The average Bonchev–Trinajstić information content (AvgIpc) is 3.39. The predicted octanol–water partition coefficient (Wildman–Crippen LogP) is 4.89. The van der Waals surface area contributed by atoms with E-state index in [2.05, 4.69) is 49.4 Å². The van der Waals surface area contributed by atoms with Crippen molar-refractivity contribution in [2.45, 2.75) is 55.2 Å². The number of rotatable bonds is 8. The number of thioether (sulfide) groups is 1. The molecule has 0 bridgehead atoms. The van der Waals surface area contributed by atoms with Crippen LogP contribution in [0.5, 0.6) is 5.75 Å². The van der Waals surface area contributed by atoms with Crippen LogP contribution in [0.4, 0.5) is 13.6 Å². The minimum Gasteiger partial charge on any atom is -0.485 e. The van der Waals surface area contributed by atoms with Crippen molar-refractivity contribution in [3.8, 4) is 23.3 Å². The zero-order valence-electron chi connectivity index (χ0n) is 23.3. The maximum absolute atomic E-state index is 14.8. The summed E-state index contributed by atoms with van der Waals surface area (Å²) in [5.41, 5.74) is 0.327. The summed E-state index contributed by atoms with van der Waals surface area (Å²) in [5.74, 6) is 3.58. The molecule has 1 fully saturated rings. The molecule has 1 N–H and O–H groups in total. The summed E-state index contributed by atoms with van der Waals surface area (Å²) in [6.07, 6.45) is 12.0. The van der Waals surface area contributed by atoms with Gasteiger partial charge in [0.2, 0.25) is 0 Å². The largest absolute Gasteiger partial charge is 0.485 e. The van der Waals surface area contributed by atoms with E-state index in [0.29, 0.717) is 11.0 Å². The highest BCUT2D eigenvalue weighted by atomic mass is 32.2. The van der Waals surface area contributed by atoms with Gasteiger partial charge in [-0.05, 0) is 64.4 Å². The molecule has 0 spiro atoms. The number of hydrogen-bond acceptors (Lipinski definition) is 8. The monoisotopic (exact) mass is 594 g/mol. The number of alkyl carbamates (subject to hydrolysis) is 1. The third-order valence-electron chi connectivity index (χ3n) is 6.98. The quantitative estimate of drug-likeness (QED) is 0.291. The Balaban J connectivity index is 1.21. The molecule has 3 heterocycles. The lowest BCUT2D eigenvalue weighted by Gasteiger charge is -2.28. The summed E-state index contributed by atoms with van der Waals surface area (Å²) in [4.78, 5) is 18.4. The normalized spacial score (nSPS) is 17.4. The topological polar surface area (TPSA) is 94.4 Å². The SMILES string of the molecule is CN1CCC(NC(=O)OCC#Cc2c(F)cc(OCc3nnc(SC4C=CCCC4)n3-c3cccnc3)cc2F)CC1. The van der Waals surface area contributed by atoms with Gasteiger partial charge in [-0.25, -0.2) is 13.6 Å². The zero-order valence-corrected chi connectivity index (χ0v) is 24.1. The second kappa shape index (κ2) is 14.3. The number of hydrogen-bond donors (Lipinski definition) is 1. The van der Waals surface area contributed by atoms with Crippen molar-refractivity contribution in [3.63, 3.8) is 0 Å². The number of benzene rings is 1. The van der Waals surface area contributed by atoms with Crippen LogP contribution in [0.25, 0.3) is 5.69 Å². The molecule has 220 valence electrons. The molecule has 9 nitrogen and oxygen atoms in total. The van der Waals surface area contributed by atoms with Gasteiger partial charge in [0.25, 0.3) is 0 Å². The summed E-state index contributed by atoms with van der Waals surface area (Å²) < 4.78 is 42.2. The summed E-state index contributed by atoms with van der Waals surface area (Å²) in [6, 6.07) is 5.87. The Morgan fingerprint density at radius 2 is 2.00 bits per heavy atom. The van der Waals surface area contributed by atoms with Crippen LogP contribution in [0.1, 0.15) is 43.5 Å². The Kier molecular flexibility index (Phi) is 10.0. The number of carbonyl (C=O) groups is 1. The first kappa shape index (κ1) is 29.5. The first-order chi connectivity index (χ1) is 20.5. The predicted molar refractivity (Wildman–Crippen MR) is 154 cm³/mol. The first-order valence-corrected chi connectivity index (χ1v) is 14.7. The molecule has 3 aromatic rings. The van der Waals surface area contributed by atoms with Crippen LogP contribution in [0.3, 0.4) is 0 Å². The Bertz CT molecular complexity index is 1440. The van der Waals surface area contributed by atoms with Gasteiger partial charge in [-0.1, -0.05) is 35.8 Å². The molecule has 12 heteroatoms. The zero-order chi connectivity index (χ0) is 29.3. The molecule has 0 saturated carbocycles. The highest BCUT2D eigenvalue weighted by molar-refractivity contribution is 7.99. The van der Waals surface area contributed by atoms with Crippen LogP contribution < -0.4 is 10.1 Å². The number of pyridine rings is 1. The van der Waals surface area contributed by atoms with E-state index in [1.54, 1.807) is 24.2 Å². The van der Waals surface area contributed by atoms with E-state index in [1.807, 2.05) is 23.7 Å². The van der Waals surface area contributed by atoms with E-state index >= 15 is 0 Å². The third-order valence-corrected chi connectivity index (χ3v) is 8.15. The molecule has 1 aliphatic heterocycles. The highest BCUT2D eigenvalue weighted by Gasteiger charge is 2.21. The summed E-state index contributed by atoms with van der Waals surface area (Å²) in [5, 5.41) is 12.4. The van der Waals surface area contributed by atoms with Gasteiger partial charge in [-0.15, -0.1) is 10.2 Å². The number of aromatic nitrogens is 4. The van der Waals surface area contributed by atoms with Crippen molar-refractivity contribution < 1.29 is 23.0 Å². The number of amides is 1. The Morgan fingerprint density at radius 1 is 1.19 bits per heavy atom. The number of carbonyl (C=O) groups excluding carboxylic acids is 1. The number of likely N-dealkylation sites (tertiary alicyclic amines) is 1. The smallest absolute Gasteiger partial charge is 0.408 e. The molecule has 1 amide bonds. The number of ether oxygens (including phenoxy) is 2. The van der Waals surface area contributed by atoms with Gasteiger partial charge in [-0.3, -0.25) is 9.55 Å². The first-order valence-electron chi connectivity index (χ1n) is 13.9. The number of nitrogens with one attached hydrogen (secondary N) is 1. The second-order valence-electron chi connectivity index (χ2n) is 10.1. The maximum atomic E-state index is 14.8. The standard InChI is InChI=1S/C30H32F2N6O3S/c1-37-14-11-21(12-15-37)34-30(39)40-16-6-10-25-26(31)17-23(18-27(25)32)41-20-28-35-36-29(42-24-8-3-2-4-9-24)38(28)22-7-5-13-33-19-22/h3,5,7-8,13,17-19,21,24H,2,4,9,11-12,14-16,20H2,1H3,(H,34,39). The van der Waals surface area contributed by atoms with Gasteiger partial charge < -0.3 is 19.7 Å². The Morgan fingerprint density at radius 3 is 2.71 bits per heavy atom. The van der Waals surface area contributed by atoms with Gasteiger partial charge in [0.1, 0.15) is 24.0 Å². The van der Waals surface area contributed by atoms with Gasteiger partial charge in [-0.2, -0.15) is 0 Å². The van der Waals surface area contributed by atoms with Crippen LogP contribution in [0.15, 0.2) is 54.0 Å². The molecule has 0 radical (unpaired) electrons. The van der Waals surface area contributed by atoms with E-state index in [1.165, 1.54) is 0 Å². The van der Waals surface area contributed by atoms with Crippen LogP contribution in [-0.4, -0.2) is 68.8 Å². The van der Waals surface area contributed by atoms with E-state index in [-0.39, 0.29) is 30.3 Å². The summed E-state index contributed by atoms with van der Waals surface area (Å²) in [7, 11) is 2.03. The molecule has 42 heavy (non-hydrogen) atoms. The molecule has 1 atom stereocenters. The van der Waals surface area contributed by atoms with Gasteiger partial charge in [0, 0.05) is 29.6 Å². The molecule has 1 unspecified atom stereocenters. The third kappa shape index (κ3) is 7.86. The fourth-order valence-corrected chi connectivity index (χ4v) is 5.87. The van der Waals surface area contributed by atoms with Crippen molar-refractivity contribution in [1.82, 2.24) is 30.0 Å². The van der Waals surface area contributed by atoms with Crippen LogP contribution >= 0.6 is 11.8 Å². The second-order valence-corrected chi connectivity index (χ2v) is 11.3. The number of allylic oxidation sites excluding steroid dienone is 1. The number of nitrogens with zero attached hydrogens (tertiary/aromatic N) is 5. The Hall–Kier alpha value is -3.95.